The predicted octanol–water partition coefficient (Wildman–Crippen LogP) is 2.84. The van der Waals surface area contributed by atoms with Crippen molar-refractivity contribution in [1.82, 2.24) is 4.90 Å². The van der Waals surface area contributed by atoms with Crippen molar-refractivity contribution in [2.75, 3.05) is 20.2 Å². The smallest absolute Gasteiger partial charge is 0.0702 e. The van der Waals surface area contributed by atoms with E-state index in [9.17, 15) is 0 Å². The van der Waals surface area contributed by atoms with E-state index in [1.54, 1.807) is 0 Å². The van der Waals surface area contributed by atoms with Crippen LogP contribution in [0, 0.1) is 0 Å². The van der Waals surface area contributed by atoms with Crippen molar-refractivity contribution in [1.29, 1.82) is 0 Å². The fourth-order valence-corrected chi connectivity index (χ4v) is 3.01. The van der Waals surface area contributed by atoms with Crippen LogP contribution in [0.2, 0.25) is 5.02 Å². The van der Waals surface area contributed by atoms with Crippen LogP contribution in [0.3, 0.4) is 0 Å². The molecule has 1 heterocycles. The Balaban J connectivity index is 1.86. The molecule has 1 aliphatic rings. The first-order valence-electron chi connectivity index (χ1n) is 6.91. The molecule has 1 fully saturated rings. The number of hydrogen-bond acceptors (Lipinski definition) is 3. The normalized spacial score (nSPS) is 24.9. The molecule has 0 aromatic heterocycles. The number of ether oxygens (including phenoxy) is 1. The van der Waals surface area contributed by atoms with Gasteiger partial charge in [-0.25, -0.2) is 0 Å². The summed E-state index contributed by atoms with van der Waals surface area (Å²) in [7, 11) is 2.15. The van der Waals surface area contributed by atoms with Gasteiger partial charge in [0.1, 0.15) is 0 Å². The van der Waals surface area contributed by atoms with Gasteiger partial charge < -0.3 is 15.4 Å². The summed E-state index contributed by atoms with van der Waals surface area (Å²) >= 11 is 6.17. The van der Waals surface area contributed by atoms with Crippen molar-refractivity contribution in [2.24, 2.45) is 5.73 Å². The summed E-state index contributed by atoms with van der Waals surface area (Å²) in [4.78, 5) is 2.36. The highest BCUT2D eigenvalue weighted by molar-refractivity contribution is 6.31. The zero-order chi connectivity index (χ0) is 13.8. The average molecular weight is 283 g/mol. The van der Waals surface area contributed by atoms with Crippen molar-refractivity contribution in [3.63, 3.8) is 0 Å². The van der Waals surface area contributed by atoms with E-state index >= 15 is 0 Å². The van der Waals surface area contributed by atoms with Crippen LogP contribution in [-0.2, 0) is 4.74 Å². The molecule has 106 valence electrons. The molecule has 1 aromatic rings. The summed E-state index contributed by atoms with van der Waals surface area (Å²) in [5.41, 5.74) is 7.27. The number of nitrogens with two attached hydrogens (primary N) is 1. The van der Waals surface area contributed by atoms with E-state index in [4.69, 9.17) is 22.1 Å². The standard InChI is InChI=1S/C15H23ClN2O/c1-11-15(8-10-19-11)18(2)9-7-14(17)12-5-3-4-6-13(12)16/h3-6,11,14-15H,7-10,17H2,1-2H3. The molecular weight excluding hydrogens is 260 g/mol. The maximum atomic E-state index is 6.24. The van der Waals surface area contributed by atoms with Gasteiger partial charge in [-0.05, 0) is 38.4 Å². The number of benzene rings is 1. The molecule has 0 radical (unpaired) electrons. The molecule has 3 unspecified atom stereocenters. The van der Waals surface area contributed by atoms with Gasteiger partial charge in [0.05, 0.1) is 6.10 Å². The van der Waals surface area contributed by atoms with Crippen molar-refractivity contribution >= 4 is 11.6 Å². The fraction of sp³-hybridized carbons (Fsp3) is 0.600. The van der Waals surface area contributed by atoms with Gasteiger partial charge in [0.2, 0.25) is 0 Å². The number of halogens is 1. The molecule has 0 amide bonds. The van der Waals surface area contributed by atoms with Crippen LogP contribution in [0.15, 0.2) is 24.3 Å². The Hall–Kier alpha value is -0.610. The lowest BCUT2D eigenvalue weighted by atomic mass is 10.0. The zero-order valence-corrected chi connectivity index (χ0v) is 12.4. The monoisotopic (exact) mass is 282 g/mol. The molecule has 1 aliphatic heterocycles. The van der Waals surface area contributed by atoms with Crippen LogP contribution in [0.5, 0.6) is 0 Å². The number of likely N-dealkylation sites (N-methyl/N-ethyl adjacent to an activating group) is 1. The van der Waals surface area contributed by atoms with Crippen molar-refractivity contribution in [2.45, 2.75) is 38.0 Å². The Labute approximate surface area is 120 Å². The van der Waals surface area contributed by atoms with Crippen LogP contribution in [0.4, 0.5) is 0 Å². The second kappa shape index (κ2) is 6.71. The predicted molar refractivity (Wildman–Crippen MR) is 79.4 cm³/mol. The van der Waals surface area contributed by atoms with Gasteiger partial charge in [0, 0.05) is 30.3 Å². The zero-order valence-electron chi connectivity index (χ0n) is 11.7. The topological polar surface area (TPSA) is 38.5 Å². The highest BCUT2D eigenvalue weighted by atomic mass is 35.5. The van der Waals surface area contributed by atoms with Gasteiger partial charge in [-0.3, -0.25) is 0 Å². The van der Waals surface area contributed by atoms with Gasteiger partial charge in [0.15, 0.2) is 0 Å². The van der Waals surface area contributed by atoms with Crippen molar-refractivity contribution in [3.8, 4) is 0 Å². The molecule has 0 saturated carbocycles. The van der Waals surface area contributed by atoms with Crippen LogP contribution >= 0.6 is 11.6 Å². The molecule has 4 heteroatoms. The van der Waals surface area contributed by atoms with Gasteiger partial charge in [-0.1, -0.05) is 29.8 Å². The van der Waals surface area contributed by atoms with Gasteiger partial charge in [-0.15, -0.1) is 0 Å². The molecule has 0 spiro atoms. The van der Waals surface area contributed by atoms with E-state index in [0.29, 0.717) is 12.1 Å². The SMILES string of the molecule is CC1OCCC1N(C)CCC(N)c1ccccc1Cl. The summed E-state index contributed by atoms with van der Waals surface area (Å²) in [6.45, 7) is 3.97. The molecule has 3 nitrogen and oxygen atoms in total. The third kappa shape index (κ3) is 3.69. The lowest BCUT2D eigenvalue weighted by Gasteiger charge is -2.27. The van der Waals surface area contributed by atoms with E-state index in [0.717, 1.165) is 36.6 Å². The summed E-state index contributed by atoms with van der Waals surface area (Å²) in [5.74, 6) is 0. The van der Waals surface area contributed by atoms with E-state index in [1.165, 1.54) is 0 Å². The molecule has 19 heavy (non-hydrogen) atoms. The Morgan fingerprint density at radius 2 is 2.21 bits per heavy atom. The minimum atomic E-state index is -0.00576. The first-order chi connectivity index (χ1) is 9.09. The molecule has 3 atom stereocenters. The lowest BCUT2D eigenvalue weighted by molar-refractivity contribution is 0.0827. The summed E-state index contributed by atoms with van der Waals surface area (Å²) in [6.07, 6.45) is 2.34. The summed E-state index contributed by atoms with van der Waals surface area (Å²) in [6, 6.07) is 8.33. The quantitative estimate of drug-likeness (QED) is 0.902. The Morgan fingerprint density at radius 3 is 2.84 bits per heavy atom. The van der Waals surface area contributed by atoms with Crippen LogP contribution in [-0.4, -0.2) is 37.2 Å². The average Bonchev–Trinajstić information content (AvgIpc) is 2.82. The van der Waals surface area contributed by atoms with E-state index < -0.39 is 0 Å². The van der Waals surface area contributed by atoms with Crippen LogP contribution in [0.25, 0.3) is 0 Å². The third-order valence-corrected chi connectivity index (χ3v) is 4.34. The summed E-state index contributed by atoms with van der Waals surface area (Å²) < 4.78 is 5.60. The molecule has 1 saturated heterocycles. The number of rotatable bonds is 5. The second-order valence-corrected chi connectivity index (χ2v) is 5.74. The number of hydrogen-bond donors (Lipinski definition) is 1. The highest BCUT2D eigenvalue weighted by Crippen LogP contribution is 2.24. The Bertz CT molecular complexity index is 413. The maximum Gasteiger partial charge on any atom is 0.0702 e. The molecule has 0 bridgehead atoms. The molecule has 2 N–H and O–H groups in total. The molecule has 0 aliphatic carbocycles. The highest BCUT2D eigenvalue weighted by Gasteiger charge is 2.27. The second-order valence-electron chi connectivity index (χ2n) is 5.33. The third-order valence-electron chi connectivity index (χ3n) is 4.00. The summed E-state index contributed by atoms with van der Waals surface area (Å²) in [5, 5.41) is 0.759. The van der Waals surface area contributed by atoms with Crippen molar-refractivity contribution < 1.29 is 4.74 Å². The molecule has 1 aromatic carbocycles. The van der Waals surface area contributed by atoms with Gasteiger partial charge >= 0.3 is 0 Å². The maximum absolute atomic E-state index is 6.24. The number of nitrogens with zero attached hydrogens (tertiary/aromatic N) is 1. The first-order valence-corrected chi connectivity index (χ1v) is 7.29. The molecule has 2 rings (SSSR count). The van der Waals surface area contributed by atoms with E-state index in [2.05, 4.69) is 18.9 Å². The largest absolute Gasteiger partial charge is 0.377 e. The van der Waals surface area contributed by atoms with Crippen LogP contribution < -0.4 is 5.73 Å². The first kappa shape index (κ1) is 14.8. The molecular formula is C15H23ClN2O. The lowest BCUT2D eigenvalue weighted by Crippen LogP contribution is -2.38. The van der Waals surface area contributed by atoms with Gasteiger partial charge in [-0.2, -0.15) is 0 Å². The van der Waals surface area contributed by atoms with Crippen molar-refractivity contribution in [3.05, 3.63) is 34.9 Å². The van der Waals surface area contributed by atoms with E-state index in [1.807, 2.05) is 24.3 Å². The van der Waals surface area contributed by atoms with E-state index in [-0.39, 0.29) is 6.04 Å². The minimum Gasteiger partial charge on any atom is -0.377 e. The Kier molecular flexibility index (Phi) is 5.22. The minimum absolute atomic E-state index is 0.00576. The Morgan fingerprint density at radius 1 is 1.47 bits per heavy atom. The fourth-order valence-electron chi connectivity index (χ4n) is 2.74. The van der Waals surface area contributed by atoms with Crippen LogP contribution in [0.1, 0.15) is 31.4 Å². The van der Waals surface area contributed by atoms with Gasteiger partial charge in [0.25, 0.3) is 0 Å².